The van der Waals surface area contributed by atoms with Crippen LogP contribution in [0.2, 0.25) is 0 Å². The van der Waals surface area contributed by atoms with Gasteiger partial charge in [0.05, 0.1) is 0 Å². The summed E-state index contributed by atoms with van der Waals surface area (Å²) in [5.41, 5.74) is -0.215. The number of hydrogen-bond acceptors (Lipinski definition) is 4. The van der Waals surface area contributed by atoms with E-state index in [-0.39, 0.29) is 11.7 Å². The molecular weight excluding hydrogens is 276 g/mol. The summed E-state index contributed by atoms with van der Waals surface area (Å²) in [6.07, 6.45) is 4.22. The van der Waals surface area contributed by atoms with Gasteiger partial charge in [-0.05, 0) is 42.2 Å². The molecule has 3 nitrogen and oxygen atoms in total. The predicted octanol–water partition coefficient (Wildman–Crippen LogP) is 2.71. The molecule has 104 valence electrons. The number of carbonyl (C=O) groups is 1. The van der Waals surface area contributed by atoms with Gasteiger partial charge < -0.3 is 4.90 Å². The molecule has 2 heterocycles. The van der Waals surface area contributed by atoms with Gasteiger partial charge >= 0.3 is 0 Å². The lowest BCUT2D eigenvalue weighted by Crippen LogP contribution is -2.35. The lowest BCUT2D eigenvalue weighted by atomic mass is 10.2. The van der Waals surface area contributed by atoms with Crippen LogP contribution in [0.25, 0.3) is 0 Å². The number of nitrogens with zero attached hydrogens (tertiary/aromatic N) is 1. The van der Waals surface area contributed by atoms with Crippen LogP contribution in [0.4, 0.5) is 0 Å². The minimum atomic E-state index is -0.215. The summed E-state index contributed by atoms with van der Waals surface area (Å²) >= 11 is 3.59. The fourth-order valence-electron chi connectivity index (χ4n) is 2.81. The summed E-state index contributed by atoms with van der Waals surface area (Å²) in [6.45, 7) is 3.09. The zero-order chi connectivity index (χ0) is 13.5. The van der Waals surface area contributed by atoms with E-state index in [0.717, 1.165) is 25.1 Å². The van der Waals surface area contributed by atoms with Crippen LogP contribution in [0, 0.1) is 5.92 Å². The lowest BCUT2D eigenvalue weighted by Gasteiger charge is -2.26. The molecule has 1 saturated carbocycles. The average molecular weight is 296 g/mol. The second kappa shape index (κ2) is 5.11. The number of thioether (sulfide) groups is 1. The highest BCUT2D eigenvalue weighted by molar-refractivity contribution is 7.98. The van der Waals surface area contributed by atoms with Crippen LogP contribution in [0.5, 0.6) is 0 Å². The molecule has 1 aliphatic carbocycles. The Labute approximate surface area is 122 Å². The van der Waals surface area contributed by atoms with Gasteiger partial charge in [-0.25, -0.2) is 0 Å². The van der Waals surface area contributed by atoms with E-state index >= 15 is 0 Å². The maximum Gasteiger partial charge on any atom is 0.244 e. The summed E-state index contributed by atoms with van der Waals surface area (Å²) < 4.78 is 0. The third kappa shape index (κ3) is 2.43. The number of rotatable bonds is 5. The number of amides is 1. The van der Waals surface area contributed by atoms with Gasteiger partial charge in [-0.15, -0.1) is 11.3 Å². The molecule has 2 atom stereocenters. The van der Waals surface area contributed by atoms with Crippen LogP contribution in [0.15, 0.2) is 17.5 Å². The van der Waals surface area contributed by atoms with Crippen molar-refractivity contribution >= 4 is 29.0 Å². The Morgan fingerprint density at radius 1 is 1.63 bits per heavy atom. The Hall–Kier alpha value is -0.520. The summed E-state index contributed by atoms with van der Waals surface area (Å²) in [6, 6.07) is 4.19. The SMILES string of the molecule is CSCC(C)CN1C(=O)C2(CC2)NC1c1cccs1. The van der Waals surface area contributed by atoms with Gasteiger partial charge in [-0.1, -0.05) is 13.0 Å². The molecule has 0 bridgehead atoms. The molecule has 1 aromatic rings. The Balaban J connectivity index is 1.79. The molecule has 2 fully saturated rings. The molecule has 19 heavy (non-hydrogen) atoms. The third-order valence-corrected chi connectivity index (χ3v) is 5.74. The number of nitrogens with one attached hydrogen (secondary N) is 1. The van der Waals surface area contributed by atoms with E-state index in [1.54, 1.807) is 11.3 Å². The summed E-state index contributed by atoms with van der Waals surface area (Å²) in [4.78, 5) is 15.9. The van der Waals surface area contributed by atoms with Crippen molar-refractivity contribution in [3.63, 3.8) is 0 Å². The van der Waals surface area contributed by atoms with Crippen molar-refractivity contribution in [2.75, 3.05) is 18.6 Å². The highest BCUT2D eigenvalue weighted by Crippen LogP contribution is 2.46. The summed E-state index contributed by atoms with van der Waals surface area (Å²) in [5.74, 6) is 1.96. The third-order valence-electron chi connectivity index (χ3n) is 3.92. The molecule has 3 rings (SSSR count). The van der Waals surface area contributed by atoms with Gasteiger partial charge in [0.15, 0.2) is 0 Å². The molecule has 0 aromatic carbocycles. The van der Waals surface area contributed by atoms with Crippen molar-refractivity contribution in [1.82, 2.24) is 10.2 Å². The molecule has 0 radical (unpaired) electrons. The topological polar surface area (TPSA) is 32.3 Å². The first-order valence-corrected chi connectivity index (χ1v) is 9.05. The highest BCUT2D eigenvalue weighted by atomic mass is 32.2. The minimum Gasteiger partial charge on any atom is -0.320 e. The van der Waals surface area contributed by atoms with Crippen LogP contribution in [0.1, 0.15) is 30.8 Å². The van der Waals surface area contributed by atoms with Crippen LogP contribution in [0.3, 0.4) is 0 Å². The van der Waals surface area contributed by atoms with E-state index in [1.807, 2.05) is 11.8 Å². The average Bonchev–Trinajstić information content (AvgIpc) is 2.86. The van der Waals surface area contributed by atoms with E-state index in [4.69, 9.17) is 0 Å². The minimum absolute atomic E-state index is 0.0966. The quantitative estimate of drug-likeness (QED) is 0.907. The maximum atomic E-state index is 12.6. The lowest BCUT2D eigenvalue weighted by molar-refractivity contribution is -0.131. The molecule has 1 aliphatic heterocycles. The van der Waals surface area contributed by atoms with Crippen LogP contribution >= 0.6 is 23.1 Å². The Kier molecular flexibility index (Phi) is 3.62. The van der Waals surface area contributed by atoms with E-state index in [2.05, 4.69) is 40.9 Å². The smallest absolute Gasteiger partial charge is 0.244 e. The number of thiophene rings is 1. The van der Waals surface area contributed by atoms with Crippen molar-refractivity contribution in [3.05, 3.63) is 22.4 Å². The van der Waals surface area contributed by atoms with Crippen LogP contribution < -0.4 is 5.32 Å². The molecule has 1 N–H and O–H groups in total. The number of carbonyl (C=O) groups excluding carboxylic acids is 1. The Morgan fingerprint density at radius 3 is 3.00 bits per heavy atom. The molecular formula is C14H20N2OS2. The first kappa shape index (κ1) is 13.5. The van der Waals surface area contributed by atoms with Gasteiger partial charge in [0.25, 0.3) is 0 Å². The van der Waals surface area contributed by atoms with Crippen LogP contribution in [-0.4, -0.2) is 34.9 Å². The highest BCUT2D eigenvalue weighted by Gasteiger charge is 2.59. The van der Waals surface area contributed by atoms with Gasteiger partial charge in [0.2, 0.25) is 5.91 Å². The maximum absolute atomic E-state index is 12.6. The van der Waals surface area contributed by atoms with E-state index in [1.165, 1.54) is 4.88 Å². The van der Waals surface area contributed by atoms with Crippen LogP contribution in [-0.2, 0) is 4.79 Å². The Bertz CT molecular complexity index is 456. The molecule has 1 amide bonds. The fraction of sp³-hybridized carbons (Fsp3) is 0.643. The number of hydrogen-bond donors (Lipinski definition) is 1. The van der Waals surface area contributed by atoms with Crippen molar-refractivity contribution in [2.45, 2.75) is 31.5 Å². The first-order valence-electron chi connectivity index (χ1n) is 6.77. The van der Waals surface area contributed by atoms with E-state index in [0.29, 0.717) is 11.8 Å². The zero-order valence-corrected chi connectivity index (χ0v) is 13.0. The monoisotopic (exact) mass is 296 g/mol. The van der Waals surface area contributed by atoms with Gasteiger partial charge in [0, 0.05) is 11.4 Å². The predicted molar refractivity (Wildman–Crippen MR) is 81.4 cm³/mol. The van der Waals surface area contributed by atoms with Crippen molar-refractivity contribution < 1.29 is 4.79 Å². The first-order chi connectivity index (χ1) is 9.16. The van der Waals surface area contributed by atoms with Gasteiger partial charge in [-0.2, -0.15) is 11.8 Å². The molecule has 1 saturated heterocycles. The molecule has 2 aliphatic rings. The van der Waals surface area contributed by atoms with Crippen molar-refractivity contribution in [1.29, 1.82) is 0 Å². The second-order valence-electron chi connectivity index (χ2n) is 5.66. The Morgan fingerprint density at radius 2 is 2.42 bits per heavy atom. The normalized spacial score (nSPS) is 26.1. The second-order valence-corrected chi connectivity index (χ2v) is 7.55. The molecule has 1 spiro atoms. The van der Waals surface area contributed by atoms with E-state index in [9.17, 15) is 4.79 Å². The standard InChI is InChI=1S/C14H20N2OS2/c1-10(9-18-2)8-16-12(11-4-3-7-19-11)15-14(5-6-14)13(16)17/h3-4,7,10,12,15H,5-6,8-9H2,1-2H3. The summed E-state index contributed by atoms with van der Waals surface area (Å²) in [5, 5.41) is 5.66. The van der Waals surface area contributed by atoms with E-state index < -0.39 is 0 Å². The van der Waals surface area contributed by atoms with Crippen molar-refractivity contribution in [3.8, 4) is 0 Å². The molecule has 5 heteroatoms. The zero-order valence-electron chi connectivity index (χ0n) is 11.4. The largest absolute Gasteiger partial charge is 0.320 e. The molecule has 2 unspecified atom stereocenters. The van der Waals surface area contributed by atoms with Gasteiger partial charge in [-0.3, -0.25) is 10.1 Å². The van der Waals surface area contributed by atoms with Gasteiger partial charge in [0.1, 0.15) is 11.7 Å². The molecule has 1 aromatic heterocycles. The summed E-state index contributed by atoms with van der Waals surface area (Å²) in [7, 11) is 0. The fourth-order valence-corrected chi connectivity index (χ4v) is 4.27. The van der Waals surface area contributed by atoms with Crippen molar-refractivity contribution in [2.24, 2.45) is 5.92 Å².